The number of benzene rings is 7. The minimum atomic E-state index is 0.446. The van der Waals surface area contributed by atoms with Crippen molar-refractivity contribution in [2.45, 2.75) is 0 Å². The van der Waals surface area contributed by atoms with Crippen LogP contribution in [0.15, 0.2) is 158 Å². The Bertz CT molecular complexity index is 2710. The average molecular weight is 611 g/mol. The SMILES string of the molecule is N#Cc1cc(C#N)c(-c2ccccc2-n2c3ccccc3c3ccccc32)c(-c2cccc(-n3c4ccccc4c4ccccc43)c2)c1. The van der Waals surface area contributed by atoms with Gasteiger partial charge in [0.25, 0.3) is 0 Å². The van der Waals surface area contributed by atoms with Gasteiger partial charge in [-0.15, -0.1) is 0 Å². The molecule has 0 aliphatic rings. The van der Waals surface area contributed by atoms with E-state index in [1.54, 1.807) is 6.07 Å². The molecule has 222 valence electrons. The van der Waals surface area contributed by atoms with E-state index in [9.17, 15) is 10.5 Å². The van der Waals surface area contributed by atoms with Crippen molar-refractivity contribution in [2.75, 3.05) is 0 Å². The number of hydrogen-bond donors (Lipinski definition) is 0. The Morgan fingerprint density at radius 3 is 1.50 bits per heavy atom. The highest BCUT2D eigenvalue weighted by molar-refractivity contribution is 6.11. The minimum absolute atomic E-state index is 0.446. The summed E-state index contributed by atoms with van der Waals surface area (Å²) in [4.78, 5) is 0. The van der Waals surface area contributed by atoms with E-state index in [0.717, 1.165) is 55.7 Å². The molecule has 4 nitrogen and oxygen atoms in total. The summed E-state index contributed by atoms with van der Waals surface area (Å²) in [6.45, 7) is 0. The largest absolute Gasteiger partial charge is 0.309 e. The molecule has 48 heavy (non-hydrogen) atoms. The fraction of sp³-hybridized carbons (Fsp3) is 0. The molecule has 0 amide bonds. The fourth-order valence-electron chi connectivity index (χ4n) is 7.39. The highest BCUT2D eigenvalue weighted by atomic mass is 15.0. The fourth-order valence-corrected chi connectivity index (χ4v) is 7.39. The van der Waals surface area contributed by atoms with Gasteiger partial charge >= 0.3 is 0 Å². The van der Waals surface area contributed by atoms with Crippen molar-refractivity contribution in [1.29, 1.82) is 10.5 Å². The molecule has 2 aromatic heterocycles. The third kappa shape index (κ3) is 4.07. The van der Waals surface area contributed by atoms with Gasteiger partial charge in [0.15, 0.2) is 0 Å². The van der Waals surface area contributed by atoms with Gasteiger partial charge in [-0.1, -0.05) is 103 Å². The van der Waals surface area contributed by atoms with Crippen LogP contribution in [0, 0.1) is 22.7 Å². The standard InChI is InChI=1S/C44H26N4/c45-27-29-24-31(28-46)44(37-18-5-10-23-43(37)48-41-21-8-3-16-35(41)36-17-4-9-22-42(36)48)38(25-29)30-12-11-13-32(26-30)47-39-19-6-1-14-33(39)34-15-2-7-20-40(34)47/h1-26H. The van der Waals surface area contributed by atoms with Crippen LogP contribution in [0.3, 0.4) is 0 Å². The van der Waals surface area contributed by atoms with Crippen LogP contribution in [0.2, 0.25) is 0 Å². The first-order valence-electron chi connectivity index (χ1n) is 15.9. The number of hydrogen-bond acceptors (Lipinski definition) is 2. The molecule has 7 aromatic carbocycles. The topological polar surface area (TPSA) is 57.4 Å². The molecule has 4 heteroatoms. The van der Waals surface area contributed by atoms with E-state index in [1.165, 1.54) is 21.5 Å². The highest BCUT2D eigenvalue weighted by Crippen LogP contribution is 2.42. The normalized spacial score (nSPS) is 11.3. The van der Waals surface area contributed by atoms with Gasteiger partial charge in [0.1, 0.15) is 0 Å². The van der Waals surface area contributed by atoms with Crippen molar-refractivity contribution in [2.24, 2.45) is 0 Å². The van der Waals surface area contributed by atoms with Crippen LogP contribution in [0.1, 0.15) is 11.1 Å². The number of rotatable bonds is 4. The summed E-state index contributed by atoms with van der Waals surface area (Å²) in [5, 5.41) is 25.4. The first-order chi connectivity index (χ1) is 23.7. The summed E-state index contributed by atoms with van der Waals surface area (Å²) >= 11 is 0. The number of nitriles is 2. The molecule has 0 spiro atoms. The zero-order valence-electron chi connectivity index (χ0n) is 25.8. The lowest BCUT2D eigenvalue weighted by molar-refractivity contribution is 1.18. The molecule has 0 radical (unpaired) electrons. The zero-order chi connectivity index (χ0) is 32.2. The minimum Gasteiger partial charge on any atom is -0.309 e. The molecule has 0 bridgehead atoms. The van der Waals surface area contributed by atoms with Crippen LogP contribution in [-0.4, -0.2) is 9.13 Å². The third-order valence-electron chi connectivity index (χ3n) is 9.38. The van der Waals surface area contributed by atoms with Crippen molar-refractivity contribution in [3.8, 4) is 45.8 Å². The van der Waals surface area contributed by atoms with Crippen LogP contribution in [0.5, 0.6) is 0 Å². The van der Waals surface area contributed by atoms with Crippen LogP contribution < -0.4 is 0 Å². The van der Waals surface area contributed by atoms with Gasteiger partial charge in [-0.3, -0.25) is 0 Å². The summed E-state index contributed by atoms with van der Waals surface area (Å²) < 4.78 is 4.58. The smallest absolute Gasteiger partial charge is 0.0998 e. The van der Waals surface area contributed by atoms with Crippen molar-refractivity contribution in [3.05, 3.63) is 169 Å². The monoisotopic (exact) mass is 610 g/mol. The van der Waals surface area contributed by atoms with E-state index >= 15 is 0 Å². The van der Waals surface area contributed by atoms with E-state index in [2.05, 4.69) is 155 Å². The molecule has 0 N–H and O–H groups in total. The summed E-state index contributed by atoms with van der Waals surface area (Å²) in [5.74, 6) is 0. The average Bonchev–Trinajstić information content (AvgIpc) is 3.67. The molecule has 0 atom stereocenters. The molecule has 2 heterocycles. The van der Waals surface area contributed by atoms with Gasteiger partial charge in [-0.05, 0) is 65.7 Å². The van der Waals surface area contributed by atoms with E-state index in [0.29, 0.717) is 11.1 Å². The third-order valence-corrected chi connectivity index (χ3v) is 9.38. The molecule has 0 unspecified atom stereocenters. The number of nitrogens with zero attached hydrogens (tertiary/aromatic N) is 4. The van der Waals surface area contributed by atoms with Gasteiger partial charge in [0, 0.05) is 38.4 Å². The van der Waals surface area contributed by atoms with Crippen molar-refractivity contribution < 1.29 is 0 Å². The van der Waals surface area contributed by atoms with Crippen LogP contribution in [-0.2, 0) is 0 Å². The first-order valence-corrected chi connectivity index (χ1v) is 15.9. The maximum atomic E-state index is 10.6. The zero-order valence-corrected chi connectivity index (χ0v) is 25.8. The summed E-state index contributed by atoms with van der Waals surface area (Å²) in [5.41, 5.74) is 10.8. The predicted molar refractivity (Wildman–Crippen MR) is 195 cm³/mol. The molecule has 0 aliphatic heterocycles. The molecule has 9 aromatic rings. The second-order valence-corrected chi connectivity index (χ2v) is 12.0. The molecular weight excluding hydrogens is 585 g/mol. The maximum absolute atomic E-state index is 10.6. The Balaban J connectivity index is 1.33. The molecule has 0 saturated heterocycles. The van der Waals surface area contributed by atoms with Crippen molar-refractivity contribution >= 4 is 43.6 Å². The Morgan fingerprint density at radius 1 is 0.417 bits per heavy atom. The quantitative estimate of drug-likeness (QED) is 0.199. The van der Waals surface area contributed by atoms with E-state index in [1.807, 2.05) is 18.2 Å². The lowest BCUT2D eigenvalue weighted by Gasteiger charge is -2.19. The van der Waals surface area contributed by atoms with E-state index in [-0.39, 0.29) is 0 Å². The lowest BCUT2D eigenvalue weighted by Crippen LogP contribution is -2.00. The Kier molecular flexibility index (Phi) is 6.22. The van der Waals surface area contributed by atoms with Crippen LogP contribution in [0.25, 0.3) is 77.2 Å². The maximum Gasteiger partial charge on any atom is 0.0998 e. The second-order valence-electron chi connectivity index (χ2n) is 12.0. The second kappa shape index (κ2) is 10.9. The number of fused-ring (bicyclic) bond motifs is 6. The molecule has 0 fully saturated rings. The van der Waals surface area contributed by atoms with Gasteiger partial charge in [-0.25, -0.2) is 0 Å². The number of para-hydroxylation sites is 5. The number of aromatic nitrogens is 2. The predicted octanol–water partition coefficient (Wildman–Crippen LogP) is 11.0. The first kappa shape index (κ1) is 27.4. The van der Waals surface area contributed by atoms with Crippen molar-refractivity contribution in [1.82, 2.24) is 9.13 Å². The summed E-state index contributed by atoms with van der Waals surface area (Å²) in [7, 11) is 0. The van der Waals surface area contributed by atoms with E-state index in [4.69, 9.17) is 0 Å². The molecule has 0 aliphatic carbocycles. The van der Waals surface area contributed by atoms with Gasteiger partial charge < -0.3 is 9.13 Å². The van der Waals surface area contributed by atoms with E-state index < -0.39 is 0 Å². The van der Waals surface area contributed by atoms with Gasteiger partial charge in [0.05, 0.1) is 51.0 Å². The van der Waals surface area contributed by atoms with Crippen molar-refractivity contribution in [3.63, 3.8) is 0 Å². The Labute approximate surface area is 277 Å². The molecular formula is C44H26N4. The molecule has 0 saturated carbocycles. The lowest BCUT2D eigenvalue weighted by atomic mass is 9.88. The Morgan fingerprint density at radius 2 is 0.938 bits per heavy atom. The summed E-state index contributed by atoms with van der Waals surface area (Å²) in [6.07, 6.45) is 0. The highest BCUT2D eigenvalue weighted by Gasteiger charge is 2.21. The summed E-state index contributed by atoms with van der Waals surface area (Å²) in [6, 6.07) is 58.9. The van der Waals surface area contributed by atoms with Crippen LogP contribution in [0.4, 0.5) is 0 Å². The molecule has 9 rings (SSSR count). The Hall–Kier alpha value is -6.88. The van der Waals surface area contributed by atoms with Gasteiger partial charge in [0.2, 0.25) is 0 Å². The van der Waals surface area contributed by atoms with Gasteiger partial charge in [-0.2, -0.15) is 10.5 Å². The van der Waals surface area contributed by atoms with Crippen LogP contribution >= 0.6 is 0 Å².